The molecule has 0 aliphatic rings. The van der Waals surface area contributed by atoms with Crippen LogP contribution in [0.1, 0.15) is 51.6 Å². The molecular weight excluding hydrogens is 160 g/mol. The van der Waals surface area contributed by atoms with Crippen LogP contribution >= 0.6 is 0 Å². The molecule has 0 saturated heterocycles. The third-order valence-corrected chi connectivity index (χ3v) is 2.50. The maximum Gasteiger partial charge on any atom is 0.106 e. The maximum atomic E-state index is 5.72. The monoisotopic (exact) mass is 180 g/mol. The summed E-state index contributed by atoms with van der Waals surface area (Å²) in [5, 5.41) is 0. The molecule has 0 radical (unpaired) electrons. The molecule has 1 aromatic heterocycles. The first-order chi connectivity index (χ1) is 6.13. The fourth-order valence-corrected chi connectivity index (χ4v) is 1.30. The first kappa shape index (κ1) is 10.4. The largest absolute Gasteiger partial charge is 0.466 e. The summed E-state index contributed by atoms with van der Waals surface area (Å²) < 4.78 is 5.72. The number of furan rings is 1. The molecule has 0 saturated carbocycles. The van der Waals surface area contributed by atoms with E-state index in [1.165, 1.54) is 6.42 Å². The number of rotatable bonds is 4. The van der Waals surface area contributed by atoms with Gasteiger partial charge in [-0.25, -0.2) is 0 Å². The molecule has 0 aliphatic carbocycles. The summed E-state index contributed by atoms with van der Waals surface area (Å²) in [4.78, 5) is 0. The zero-order chi connectivity index (χ0) is 9.84. The minimum Gasteiger partial charge on any atom is -0.466 e. The van der Waals surface area contributed by atoms with Gasteiger partial charge in [0.15, 0.2) is 0 Å². The second kappa shape index (κ2) is 4.50. The molecule has 0 aromatic carbocycles. The van der Waals surface area contributed by atoms with Crippen LogP contribution in [0, 0.1) is 5.92 Å². The fraction of sp³-hybridized carbons (Fsp3) is 0.667. The number of hydrogen-bond donors (Lipinski definition) is 0. The van der Waals surface area contributed by atoms with Crippen LogP contribution in [0.4, 0.5) is 0 Å². The molecule has 1 heteroatoms. The van der Waals surface area contributed by atoms with Crippen molar-refractivity contribution in [3.8, 4) is 0 Å². The lowest BCUT2D eigenvalue weighted by Crippen LogP contribution is -1.95. The summed E-state index contributed by atoms with van der Waals surface area (Å²) in [6, 6.07) is 4.21. The zero-order valence-electron chi connectivity index (χ0n) is 9.13. The van der Waals surface area contributed by atoms with E-state index in [4.69, 9.17) is 4.42 Å². The first-order valence-electron chi connectivity index (χ1n) is 5.22. The van der Waals surface area contributed by atoms with Crippen molar-refractivity contribution in [2.24, 2.45) is 5.92 Å². The van der Waals surface area contributed by atoms with Crippen molar-refractivity contribution in [3.05, 3.63) is 23.7 Å². The van der Waals surface area contributed by atoms with E-state index in [0.29, 0.717) is 5.92 Å². The molecule has 0 amide bonds. The van der Waals surface area contributed by atoms with Crippen molar-refractivity contribution in [1.29, 1.82) is 0 Å². The Morgan fingerprint density at radius 1 is 1.23 bits per heavy atom. The average molecular weight is 180 g/mol. The lowest BCUT2D eigenvalue weighted by Gasteiger charge is -2.05. The van der Waals surface area contributed by atoms with Gasteiger partial charge in [0.05, 0.1) is 0 Å². The Kier molecular flexibility index (Phi) is 3.58. The topological polar surface area (TPSA) is 13.1 Å². The van der Waals surface area contributed by atoms with Crippen LogP contribution in [0.3, 0.4) is 0 Å². The average Bonchev–Trinajstić information content (AvgIpc) is 2.52. The van der Waals surface area contributed by atoms with Crippen molar-refractivity contribution in [1.82, 2.24) is 0 Å². The third kappa shape index (κ3) is 2.91. The zero-order valence-corrected chi connectivity index (χ0v) is 9.13. The Hall–Kier alpha value is -0.720. The van der Waals surface area contributed by atoms with Gasteiger partial charge in [0.2, 0.25) is 0 Å². The van der Waals surface area contributed by atoms with Crippen molar-refractivity contribution >= 4 is 0 Å². The molecule has 1 unspecified atom stereocenters. The Bertz CT molecular complexity index is 247. The van der Waals surface area contributed by atoms with Gasteiger partial charge in [-0.2, -0.15) is 0 Å². The second-order valence-corrected chi connectivity index (χ2v) is 4.18. The van der Waals surface area contributed by atoms with E-state index in [9.17, 15) is 0 Å². The van der Waals surface area contributed by atoms with E-state index in [0.717, 1.165) is 23.9 Å². The molecule has 1 rings (SSSR count). The maximum absolute atomic E-state index is 5.72. The highest BCUT2D eigenvalue weighted by molar-refractivity contribution is 5.10. The van der Waals surface area contributed by atoms with Crippen molar-refractivity contribution < 1.29 is 4.42 Å². The molecule has 1 heterocycles. The molecule has 1 atom stereocenters. The molecule has 0 spiro atoms. The summed E-state index contributed by atoms with van der Waals surface area (Å²) >= 11 is 0. The lowest BCUT2D eigenvalue weighted by molar-refractivity contribution is 0.413. The fourth-order valence-electron chi connectivity index (χ4n) is 1.30. The van der Waals surface area contributed by atoms with Gasteiger partial charge in [-0.1, -0.05) is 34.1 Å². The van der Waals surface area contributed by atoms with Crippen molar-refractivity contribution in [3.63, 3.8) is 0 Å². The summed E-state index contributed by atoms with van der Waals surface area (Å²) in [6.45, 7) is 8.80. The predicted molar refractivity (Wildman–Crippen MR) is 56.0 cm³/mol. The molecule has 0 fully saturated rings. The van der Waals surface area contributed by atoms with E-state index in [-0.39, 0.29) is 0 Å². The van der Waals surface area contributed by atoms with Crippen molar-refractivity contribution in [2.75, 3.05) is 0 Å². The highest BCUT2D eigenvalue weighted by Gasteiger charge is 2.07. The van der Waals surface area contributed by atoms with E-state index in [1.807, 2.05) is 0 Å². The summed E-state index contributed by atoms with van der Waals surface area (Å²) in [6.07, 6.45) is 2.29. The summed E-state index contributed by atoms with van der Waals surface area (Å²) in [5.41, 5.74) is 0. The normalized spacial score (nSPS) is 13.6. The van der Waals surface area contributed by atoms with Crippen molar-refractivity contribution in [2.45, 2.75) is 46.5 Å². The quantitative estimate of drug-likeness (QED) is 0.682. The summed E-state index contributed by atoms with van der Waals surface area (Å²) in [5.74, 6) is 3.48. The number of hydrogen-bond acceptors (Lipinski definition) is 1. The van der Waals surface area contributed by atoms with Crippen LogP contribution in [0.5, 0.6) is 0 Å². The molecule has 74 valence electrons. The lowest BCUT2D eigenvalue weighted by atomic mass is 10.0. The minimum absolute atomic E-state index is 0.505. The minimum atomic E-state index is 0.505. The van der Waals surface area contributed by atoms with Gasteiger partial charge in [0.25, 0.3) is 0 Å². The molecule has 1 aromatic rings. The third-order valence-electron chi connectivity index (χ3n) is 2.50. The standard InChI is InChI=1S/C12H20O/c1-5-10(4)8-11-6-7-12(13-11)9(2)3/h6-7,9-10H,5,8H2,1-4H3. The molecule has 13 heavy (non-hydrogen) atoms. The van der Waals surface area contributed by atoms with E-state index >= 15 is 0 Å². The van der Waals surface area contributed by atoms with Crippen LogP contribution < -0.4 is 0 Å². The molecule has 0 bridgehead atoms. The van der Waals surface area contributed by atoms with Crippen LogP contribution in [-0.4, -0.2) is 0 Å². The van der Waals surface area contributed by atoms with Gasteiger partial charge in [-0.3, -0.25) is 0 Å². The Labute approximate surface area is 81.1 Å². The summed E-state index contributed by atoms with van der Waals surface area (Å²) in [7, 11) is 0. The SMILES string of the molecule is CCC(C)Cc1ccc(C(C)C)o1. The van der Waals surface area contributed by atoms with Gasteiger partial charge < -0.3 is 4.42 Å². The van der Waals surface area contributed by atoms with Gasteiger partial charge in [0, 0.05) is 12.3 Å². The first-order valence-corrected chi connectivity index (χ1v) is 5.22. The van der Waals surface area contributed by atoms with Gasteiger partial charge >= 0.3 is 0 Å². The van der Waals surface area contributed by atoms with Gasteiger partial charge in [-0.15, -0.1) is 0 Å². The Balaban J connectivity index is 2.58. The van der Waals surface area contributed by atoms with Gasteiger partial charge in [-0.05, 0) is 18.1 Å². The smallest absolute Gasteiger partial charge is 0.106 e. The van der Waals surface area contributed by atoms with Crippen LogP contribution in [-0.2, 0) is 6.42 Å². The Morgan fingerprint density at radius 3 is 2.38 bits per heavy atom. The van der Waals surface area contributed by atoms with E-state index < -0.39 is 0 Å². The Morgan fingerprint density at radius 2 is 1.92 bits per heavy atom. The molecular formula is C12H20O. The predicted octanol–water partition coefficient (Wildman–Crippen LogP) is 3.99. The molecule has 0 N–H and O–H groups in total. The second-order valence-electron chi connectivity index (χ2n) is 4.18. The highest BCUT2D eigenvalue weighted by Crippen LogP contribution is 2.20. The highest BCUT2D eigenvalue weighted by atomic mass is 16.3. The van der Waals surface area contributed by atoms with E-state index in [2.05, 4.69) is 39.8 Å². The van der Waals surface area contributed by atoms with Gasteiger partial charge in [0.1, 0.15) is 11.5 Å². The van der Waals surface area contributed by atoms with Crippen LogP contribution in [0.2, 0.25) is 0 Å². The van der Waals surface area contributed by atoms with Crippen LogP contribution in [0.15, 0.2) is 16.5 Å². The van der Waals surface area contributed by atoms with E-state index in [1.54, 1.807) is 0 Å². The molecule has 0 aliphatic heterocycles. The van der Waals surface area contributed by atoms with Crippen LogP contribution in [0.25, 0.3) is 0 Å². The molecule has 1 nitrogen and oxygen atoms in total.